The molecular formula is C16H18BrClN2O. The van der Waals surface area contributed by atoms with Gasteiger partial charge < -0.3 is 4.74 Å². The van der Waals surface area contributed by atoms with Crippen molar-refractivity contribution in [3.8, 4) is 0 Å². The second kappa shape index (κ2) is 5.25. The molecule has 5 heteroatoms. The van der Waals surface area contributed by atoms with E-state index in [1.54, 1.807) is 0 Å². The van der Waals surface area contributed by atoms with Crippen molar-refractivity contribution in [2.24, 2.45) is 5.92 Å². The molecule has 2 fully saturated rings. The molecule has 0 N–H and O–H groups in total. The van der Waals surface area contributed by atoms with Crippen molar-refractivity contribution < 1.29 is 4.74 Å². The molecule has 4 rings (SSSR count). The first-order valence-corrected chi connectivity index (χ1v) is 8.80. The lowest BCUT2D eigenvalue weighted by atomic mass is 10.1. The fourth-order valence-corrected chi connectivity index (χ4v) is 4.61. The zero-order chi connectivity index (χ0) is 14.6. The van der Waals surface area contributed by atoms with Gasteiger partial charge in [0, 0.05) is 21.5 Å². The maximum absolute atomic E-state index is 6.56. The highest BCUT2D eigenvalue weighted by Gasteiger charge is 2.37. The Balaban J connectivity index is 1.81. The summed E-state index contributed by atoms with van der Waals surface area (Å²) in [6.45, 7) is 3.09. The molecule has 1 saturated heterocycles. The molecule has 3 atom stereocenters. The van der Waals surface area contributed by atoms with Crippen molar-refractivity contribution in [1.29, 1.82) is 0 Å². The van der Waals surface area contributed by atoms with Gasteiger partial charge in [-0.2, -0.15) is 5.10 Å². The van der Waals surface area contributed by atoms with Gasteiger partial charge in [-0.15, -0.1) is 0 Å². The summed E-state index contributed by atoms with van der Waals surface area (Å²) < 4.78 is 8.96. The Labute approximate surface area is 137 Å². The van der Waals surface area contributed by atoms with E-state index >= 15 is 0 Å². The summed E-state index contributed by atoms with van der Waals surface area (Å²) in [7, 11) is 0. The monoisotopic (exact) mass is 368 g/mol. The van der Waals surface area contributed by atoms with Crippen LogP contribution in [-0.2, 0) is 4.74 Å². The van der Waals surface area contributed by atoms with Crippen LogP contribution in [-0.4, -0.2) is 16.4 Å². The van der Waals surface area contributed by atoms with Crippen LogP contribution in [0, 0.1) is 5.92 Å². The van der Waals surface area contributed by atoms with Gasteiger partial charge in [0.2, 0.25) is 0 Å². The largest absolute Gasteiger partial charge is 0.356 e. The third-order valence-corrected chi connectivity index (χ3v) is 5.90. The molecular weight excluding hydrogens is 352 g/mol. The quantitative estimate of drug-likeness (QED) is 0.720. The first-order valence-electron chi connectivity index (χ1n) is 7.63. The van der Waals surface area contributed by atoms with E-state index in [1.807, 2.05) is 10.9 Å². The molecule has 21 heavy (non-hydrogen) atoms. The van der Waals surface area contributed by atoms with E-state index in [0.29, 0.717) is 5.92 Å². The van der Waals surface area contributed by atoms with Gasteiger partial charge >= 0.3 is 0 Å². The van der Waals surface area contributed by atoms with Gasteiger partial charge in [-0.3, -0.25) is 0 Å². The van der Waals surface area contributed by atoms with Crippen LogP contribution in [0.4, 0.5) is 0 Å². The van der Waals surface area contributed by atoms with E-state index in [-0.39, 0.29) is 6.23 Å². The summed E-state index contributed by atoms with van der Waals surface area (Å²) in [4.78, 5) is 0. The maximum Gasteiger partial charge on any atom is 0.150 e. The van der Waals surface area contributed by atoms with Gasteiger partial charge in [-0.25, -0.2) is 4.68 Å². The molecule has 0 amide bonds. The molecule has 2 aliphatic rings. The van der Waals surface area contributed by atoms with Crippen LogP contribution in [0.5, 0.6) is 0 Å². The Kier molecular flexibility index (Phi) is 3.51. The van der Waals surface area contributed by atoms with Gasteiger partial charge in [-0.1, -0.05) is 18.5 Å². The Bertz CT molecular complexity index is 693. The molecule has 0 spiro atoms. The number of fused-ring (bicyclic) bond motifs is 1. The molecule has 0 radical (unpaired) electrons. The summed E-state index contributed by atoms with van der Waals surface area (Å²) in [6.07, 6.45) is 6.56. The molecule has 112 valence electrons. The van der Waals surface area contributed by atoms with Crippen LogP contribution in [0.3, 0.4) is 0 Å². The van der Waals surface area contributed by atoms with Crippen LogP contribution in [0.2, 0.25) is 5.02 Å². The minimum atomic E-state index is 0.0462. The zero-order valence-corrected chi connectivity index (χ0v) is 14.3. The average Bonchev–Trinajstić information content (AvgIpc) is 3.03. The average molecular weight is 370 g/mol. The van der Waals surface area contributed by atoms with Crippen molar-refractivity contribution in [1.82, 2.24) is 9.78 Å². The van der Waals surface area contributed by atoms with Crippen molar-refractivity contribution >= 4 is 38.4 Å². The first-order chi connectivity index (χ1) is 10.2. The van der Waals surface area contributed by atoms with E-state index in [4.69, 9.17) is 16.3 Å². The molecule has 0 bridgehead atoms. The summed E-state index contributed by atoms with van der Waals surface area (Å²) in [5, 5.41) is 6.55. The van der Waals surface area contributed by atoms with Crippen LogP contribution in [0.1, 0.15) is 50.3 Å². The highest BCUT2D eigenvalue weighted by atomic mass is 79.9. The fraction of sp³-hybridized carbons (Fsp3) is 0.562. The zero-order valence-electron chi connectivity index (χ0n) is 12.0. The molecule has 1 saturated carbocycles. The number of hydrogen-bond donors (Lipinski definition) is 0. The molecule has 1 aliphatic heterocycles. The van der Waals surface area contributed by atoms with Gasteiger partial charge in [0.25, 0.3) is 0 Å². The number of aromatic nitrogens is 2. The van der Waals surface area contributed by atoms with Gasteiger partial charge in [0.1, 0.15) is 0 Å². The molecule has 1 aromatic carbocycles. The van der Waals surface area contributed by atoms with E-state index in [9.17, 15) is 0 Å². The maximum atomic E-state index is 6.56. The molecule has 0 unspecified atom stereocenters. The van der Waals surface area contributed by atoms with E-state index in [1.165, 1.54) is 18.4 Å². The van der Waals surface area contributed by atoms with Crippen molar-refractivity contribution in [3.63, 3.8) is 0 Å². The smallest absolute Gasteiger partial charge is 0.150 e. The van der Waals surface area contributed by atoms with E-state index in [0.717, 1.165) is 45.8 Å². The summed E-state index contributed by atoms with van der Waals surface area (Å²) in [6, 6.07) is 2.06. The van der Waals surface area contributed by atoms with E-state index in [2.05, 4.69) is 34.0 Å². The lowest BCUT2D eigenvalue weighted by Crippen LogP contribution is -2.18. The molecule has 2 aromatic rings. The SMILES string of the molecule is C[C@H]1C[C@H]1c1c(Cl)cc2c(cnn2[C@H]2CCCCO2)c1Br. The lowest BCUT2D eigenvalue weighted by Gasteiger charge is -2.23. The van der Waals surface area contributed by atoms with Crippen molar-refractivity contribution in [2.75, 3.05) is 6.61 Å². The number of hydrogen-bond acceptors (Lipinski definition) is 2. The topological polar surface area (TPSA) is 27.1 Å². The predicted octanol–water partition coefficient (Wildman–Crippen LogP) is 5.27. The number of halogens is 2. The Morgan fingerprint density at radius 3 is 2.90 bits per heavy atom. The fourth-order valence-electron chi connectivity index (χ4n) is 3.34. The Morgan fingerprint density at radius 1 is 1.43 bits per heavy atom. The van der Waals surface area contributed by atoms with Gasteiger partial charge in [-0.05, 0) is 65.1 Å². The summed E-state index contributed by atoms with van der Waals surface area (Å²) >= 11 is 10.3. The standard InChI is InChI=1S/C16H18BrClN2O/c1-9-6-10(9)15-12(18)7-13-11(16(15)17)8-19-20(13)14-4-2-3-5-21-14/h7-10,14H,2-6H2,1H3/t9-,10+,14+/m0/s1. The third-order valence-electron chi connectivity index (χ3n) is 4.74. The predicted molar refractivity (Wildman–Crippen MR) is 87.8 cm³/mol. The van der Waals surface area contributed by atoms with Crippen LogP contribution in [0.25, 0.3) is 10.9 Å². The number of benzene rings is 1. The number of rotatable bonds is 2. The second-order valence-electron chi connectivity index (χ2n) is 6.25. The van der Waals surface area contributed by atoms with E-state index < -0.39 is 0 Å². The minimum Gasteiger partial charge on any atom is -0.356 e. The highest BCUT2D eigenvalue weighted by molar-refractivity contribution is 9.10. The Hall–Kier alpha value is -0.580. The van der Waals surface area contributed by atoms with Gasteiger partial charge in [0.15, 0.2) is 6.23 Å². The molecule has 1 aromatic heterocycles. The van der Waals surface area contributed by atoms with Crippen LogP contribution < -0.4 is 0 Å². The normalized spacial score (nSPS) is 29.0. The van der Waals surface area contributed by atoms with Crippen molar-refractivity contribution in [2.45, 2.75) is 44.8 Å². The minimum absolute atomic E-state index is 0.0462. The molecule has 1 aliphatic carbocycles. The molecule has 3 nitrogen and oxygen atoms in total. The second-order valence-corrected chi connectivity index (χ2v) is 7.45. The first kappa shape index (κ1) is 14.0. The van der Waals surface area contributed by atoms with Crippen molar-refractivity contribution in [3.05, 3.63) is 27.3 Å². The highest BCUT2D eigenvalue weighted by Crippen LogP contribution is 2.53. The van der Waals surface area contributed by atoms with Crippen LogP contribution in [0.15, 0.2) is 16.7 Å². The number of nitrogens with zero attached hydrogens (tertiary/aromatic N) is 2. The lowest BCUT2D eigenvalue weighted by molar-refractivity contribution is -0.0366. The Morgan fingerprint density at radius 2 is 2.24 bits per heavy atom. The summed E-state index contributed by atoms with van der Waals surface area (Å²) in [5.74, 6) is 1.32. The van der Waals surface area contributed by atoms with Crippen LogP contribution >= 0.6 is 27.5 Å². The molecule has 2 heterocycles. The number of ether oxygens (including phenoxy) is 1. The third kappa shape index (κ3) is 2.32. The summed E-state index contributed by atoms with van der Waals surface area (Å²) in [5.41, 5.74) is 2.32. The van der Waals surface area contributed by atoms with Gasteiger partial charge in [0.05, 0.1) is 11.7 Å².